The monoisotopic (exact) mass is 384 g/mol. The Bertz CT molecular complexity index is 1250. The number of hydrogen-bond donors (Lipinski definition) is 1. The molecule has 0 spiro atoms. The van der Waals surface area contributed by atoms with Crippen LogP contribution in [-0.4, -0.2) is 9.97 Å². The molecule has 5 heteroatoms. The summed E-state index contributed by atoms with van der Waals surface area (Å²) in [6.07, 6.45) is 0. The maximum absolute atomic E-state index is 6.26. The van der Waals surface area contributed by atoms with Crippen molar-refractivity contribution in [1.82, 2.24) is 9.97 Å². The molecule has 0 aliphatic rings. The van der Waals surface area contributed by atoms with E-state index in [1.807, 2.05) is 32.0 Å². The van der Waals surface area contributed by atoms with E-state index in [0.717, 1.165) is 50.2 Å². The second kappa shape index (κ2) is 7.51. The summed E-state index contributed by atoms with van der Waals surface area (Å²) in [6, 6.07) is 16.4. The highest BCUT2D eigenvalue weighted by atomic mass is 16.3. The fourth-order valence-corrected chi connectivity index (χ4v) is 3.52. The minimum atomic E-state index is 0.484. The Labute approximate surface area is 170 Å². The summed E-state index contributed by atoms with van der Waals surface area (Å²) in [7, 11) is 0. The largest absolute Gasteiger partial charge is 0.456 e. The zero-order valence-corrected chi connectivity index (χ0v) is 17.4. The van der Waals surface area contributed by atoms with E-state index in [4.69, 9.17) is 4.42 Å². The molecular weight excluding hydrogens is 360 g/mol. The summed E-state index contributed by atoms with van der Waals surface area (Å²) in [4.78, 5) is 8.83. The lowest BCUT2D eigenvalue weighted by molar-refractivity contribution is 0.617. The van der Waals surface area contributed by atoms with Gasteiger partial charge in [-0.3, -0.25) is 0 Å². The van der Waals surface area contributed by atoms with Crippen molar-refractivity contribution in [2.24, 2.45) is 5.10 Å². The second-order valence-electron chi connectivity index (χ2n) is 7.51. The van der Waals surface area contributed by atoms with Crippen molar-refractivity contribution in [3.05, 3.63) is 82.0 Å². The van der Waals surface area contributed by atoms with E-state index in [2.05, 4.69) is 71.6 Å². The van der Waals surface area contributed by atoms with Crippen molar-refractivity contribution in [3.63, 3.8) is 0 Å². The van der Waals surface area contributed by atoms with Gasteiger partial charge in [0.15, 0.2) is 0 Å². The number of anilines is 1. The van der Waals surface area contributed by atoms with Crippen LogP contribution in [0.1, 0.15) is 28.1 Å². The van der Waals surface area contributed by atoms with Gasteiger partial charge in [0.05, 0.1) is 5.36 Å². The number of benzene rings is 2. The second-order valence-corrected chi connectivity index (χ2v) is 7.51. The van der Waals surface area contributed by atoms with Crippen molar-refractivity contribution >= 4 is 16.9 Å². The molecule has 2 heterocycles. The van der Waals surface area contributed by atoms with Gasteiger partial charge in [-0.1, -0.05) is 35.9 Å². The predicted molar refractivity (Wildman–Crippen MR) is 117 cm³/mol. The number of nitrogens with one attached hydrogen (secondary N) is 1. The van der Waals surface area contributed by atoms with Crippen LogP contribution in [-0.2, 0) is 0 Å². The van der Waals surface area contributed by atoms with Crippen LogP contribution < -0.4 is 10.8 Å². The molecule has 0 unspecified atom stereocenters. The molecule has 0 bridgehead atoms. The van der Waals surface area contributed by atoms with Crippen molar-refractivity contribution < 1.29 is 4.42 Å². The molecule has 2 aromatic heterocycles. The Morgan fingerprint density at radius 1 is 0.793 bits per heavy atom. The number of rotatable bonds is 3. The van der Waals surface area contributed by atoms with Gasteiger partial charge in [0.2, 0.25) is 5.95 Å². The van der Waals surface area contributed by atoms with Crippen LogP contribution in [0.5, 0.6) is 0 Å². The highest BCUT2D eigenvalue weighted by Gasteiger charge is 2.09. The zero-order chi connectivity index (χ0) is 20.5. The molecule has 29 heavy (non-hydrogen) atoms. The Morgan fingerprint density at radius 3 is 2.17 bits per heavy atom. The summed E-state index contributed by atoms with van der Waals surface area (Å²) in [5.74, 6) is 1.25. The zero-order valence-electron chi connectivity index (χ0n) is 17.4. The van der Waals surface area contributed by atoms with E-state index >= 15 is 0 Å². The molecule has 0 radical (unpaired) electrons. The average molecular weight is 384 g/mol. The standard InChI is InChI=1S/C24H24N4O/c1-14-6-8-19(9-7-14)21-13-20(23-16(3)10-15(2)11-22(23)29-21)27-28-24-25-17(4)12-18(5)26-24/h6-13H,1-5H3,(H,25,26,28)/b27-20+. The molecule has 0 amide bonds. The lowest BCUT2D eigenvalue weighted by Crippen LogP contribution is -2.10. The van der Waals surface area contributed by atoms with E-state index in [1.165, 1.54) is 5.56 Å². The minimum absolute atomic E-state index is 0.484. The number of aromatic nitrogens is 2. The third kappa shape index (κ3) is 4.04. The highest BCUT2D eigenvalue weighted by Crippen LogP contribution is 2.25. The van der Waals surface area contributed by atoms with E-state index in [9.17, 15) is 0 Å². The first-order valence-electron chi connectivity index (χ1n) is 9.63. The maximum Gasteiger partial charge on any atom is 0.243 e. The molecule has 0 saturated heterocycles. The maximum atomic E-state index is 6.26. The number of fused-ring (bicyclic) bond motifs is 1. The lowest BCUT2D eigenvalue weighted by Gasteiger charge is -2.09. The van der Waals surface area contributed by atoms with Gasteiger partial charge in [0.25, 0.3) is 0 Å². The van der Waals surface area contributed by atoms with Gasteiger partial charge in [0, 0.05) is 28.4 Å². The molecule has 0 aliphatic heterocycles. The summed E-state index contributed by atoms with van der Waals surface area (Å²) in [6.45, 7) is 10.1. The van der Waals surface area contributed by atoms with Gasteiger partial charge >= 0.3 is 0 Å². The smallest absolute Gasteiger partial charge is 0.243 e. The normalized spacial score (nSPS) is 11.8. The highest BCUT2D eigenvalue weighted by molar-refractivity contribution is 5.82. The molecule has 5 nitrogen and oxygen atoms in total. The van der Waals surface area contributed by atoms with Crippen LogP contribution in [0.15, 0.2) is 58.0 Å². The molecule has 0 fully saturated rings. The molecular formula is C24H24N4O. The third-order valence-corrected chi connectivity index (χ3v) is 4.78. The fourth-order valence-electron chi connectivity index (χ4n) is 3.52. The first kappa shape index (κ1) is 18.9. The summed E-state index contributed by atoms with van der Waals surface area (Å²) in [5.41, 5.74) is 10.1. The minimum Gasteiger partial charge on any atom is -0.456 e. The third-order valence-electron chi connectivity index (χ3n) is 4.78. The van der Waals surface area contributed by atoms with Crippen molar-refractivity contribution in [2.45, 2.75) is 34.6 Å². The van der Waals surface area contributed by atoms with Gasteiger partial charge in [-0.25, -0.2) is 15.4 Å². The molecule has 4 aromatic rings. The van der Waals surface area contributed by atoms with Gasteiger partial charge in [-0.05, 0) is 57.9 Å². The number of nitrogens with zero attached hydrogens (tertiary/aromatic N) is 3. The topological polar surface area (TPSA) is 63.3 Å². The average Bonchev–Trinajstić information content (AvgIpc) is 2.65. The van der Waals surface area contributed by atoms with Crippen LogP contribution in [0.4, 0.5) is 5.95 Å². The molecule has 146 valence electrons. The number of aryl methyl sites for hydroxylation is 5. The van der Waals surface area contributed by atoms with E-state index < -0.39 is 0 Å². The fraction of sp³-hybridized carbons (Fsp3) is 0.208. The van der Waals surface area contributed by atoms with Gasteiger partial charge < -0.3 is 4.42 Å². The number of hydrogen-bond acceptors (Lipinski definition) is 5. The van der Waals surface area contributed by atoms with Crippen LogP contribution in [0.3, 0.4) is 0 Å². The molecule has 2 aromatic carbocycles. The van der Waals surface area contributed by atoms with E-state index in [-0.39, 0.29) is 0 Å². The van der Waals surface area contributed by atoms with Gasteiger partial charge in [-0.15, -0.1) is 0 Å². The molecule has 0 atom stereocenters. The van der Waals surface area contributed by atoms with Gasteiger partial charge in [0.1, 0.15) is 11.3 Å². The first-order chi connectivity index (χ1) is 13.9. The Morgan fingerprint density at radius 2 is 1.48 bits per heavy atom. The Balaban J connectivity index is 1.91. The van der Waals surface area contributed by atoms with Crippen molar-refractivity contribution in [2.75, 3.05) is 5.43 Å². The first-order valence-corrected chi connectivity index (χ1v) is 9.63. The van der Waals surface area contributed by atoms with Crippen LogP contribution in [0.25, 0.3) is 22.3 Å². The summed E-state index contributed by atoms with van der Waals surface area (Å²) in [5, 5.41) is 6.41. The van der Waals surface area contributed by atoms with E-state index in [0.29, 0.717) is 5.95 Å². The summed E-state index contributed by atoms with van der Waals surface area (Å²) < 4.78 is 6.26. The van der Waals surface area contributed by atoms with Crippen LogP contribution >= 0.6 is 0 Å². The SMILES string of the molecule is Cc1ccc(-c2c/c(=N\Nc3nc(C)cc(C)n3)c3c(C)cc(C)cc3o2)cc1. The van der Waals surface area contributed by atoms with Crippen molar-refractivity contribution in [3.8, 4) is 11.3 Å². The predicted octanol–water partition coefficient (Wildman–Crippen LogP) is 5.36. The quantitative estimate of drug-likeness (QED) is 0.483. The van der Waals surface area contributed by atoms with Crippen LogP contribution in [0.2, 0.25) is 0 Å². The van der Waals surface area contributed by atoms with Gasteiger partial charge in [-0.2, -0.15) is 5.10 Å². The Hall–Kier alpha value is -3.47. The molecule has 0 aliphatic carbocycles. The molecule has 4 rings (SSSR count). The molecule has 1 N–H and O–H groups in total. The van der Waals surface area contributed by atoms with Crippen molar-refractivity contribution in [1.29, 1.82) is 0 Å². The lowest BCUT2D eigenvalue weighted by atomic mass is 10.0. The van der Waals surface area contributed by atoms with E-state index in [1.54, 1.807) is 0 Å². The van der Waals surface area contributed by atoms with Crippen LogP contribution in [0, 0.1) is 34.6 Å². The summed E-state index contributed by atoms with van der Waals surface area (Å²) >= 11 is 0. The molecule has 0 saturated carbocycles. The Kier molecular flexibility index (Phi) is 4.89.